The lowest BCUT2D eigenvalue weighted by Crippen LogP contribution is -2.11. The van der Waals surface area contributed by atoms with Crippen molar-refractivity contribution in [1.82, 2.24) is 4.98 Å². The highest BCUT2D eigenvalue weighted by Crippen LogP contribution is 2.35. The number of pyridine rings is 1. The van der Waals surface area contributed by atoms with Gasteiger partial charge in [0.1, 0.15) is 12.1 Å². The first kappa shape index (κ1) is 16.0. The SMILES string of the molecule is N=NC(c1ccnc(F)c1)C(O)c1cccc(C(F)(F)F)c1. The number of hydrogen-bond donors (Lipinski definition) is 2. The summed E-state index contributed by atoms with van der Waals surface area (Å²) in [4.78, 5) is 3.34. The summed E-state index contributed by atoms with van der Waals surface area (Å²) in [6.07, 6.45) is -4.94. The quantitative estimate of drug-likeness (QED) is 0.508. The number of hydrogen-bond acceptors (Lipinski definition) is 4. The van der Waals surface area contributed by atoms with Crippen LogP contribution >= 0.6 is 0 Å². The van der Waals surface area contributed by atoms with E-state index in [1.807, 2.05) is 0 Å². The molecule has 2 unspecified atom stereocenters. The number of aliphatic hydroxyl groups is 1. The molecule has 0 saturated heterocycles. The first-order valence-electron chi connectivity index (χ1n) is 6.16. The van der Waals surface area contributed by atoms with Crippen LogP contribution in [-0.2, 0) is 6.18 Å². The zero-order chi connectivity index (χ0) is 16.3. The molecule has 0 aliphatic carbocycles. The van der Waals surface area contributed by atoms with E-state index in [0.29, 0.717) is 0 Å². The van der Waals surface area contributed by atoms with Gasteiger partial charge in [0.05, 0.1) is 5.56 Å². The van der Waals surface area contributed by atoms with Gasteiger partial charge in [0, 0.05) is 6.20 Å². The molecule has 0 aliphatic heterocycles. The molecule has 116 valence electrons. The second-order valence-electron chi connectivity index (χ2n) is 4.55. The van der Waals surface area contributed by atoms with Crippen molar-refractivity contribution in [2.24, 2.45) is 5.11 Å². The lowest BCUT2D eigenvalue weighted by molar-refractivity contribution is -0.137. The number of nitrogens with one attached hydrogen (secondary N) is 1. The van der Waals surface area contributed by atoms with E-state index >= 15 is 0 Å². The number of alkyl halides is 3. The Morgan fingerprint density at radius 1 is 1.14 bits per heavy atom. The number of aliphatic hydroxyl groups excluding tert-OH is 1. The molecule has 1 heterocycles. The van der Waals surface area contributed by atoms with Crippen LogP contribution in [0.25, 0.3) is 0 Å². The number of aromatic nitrogens is 1. The summed E-state index contributed by atoms with van der Waals surface area (Å²) in [6.45, 7) is 0. The third-order valence-corrected chi connectivity index (χ3v) is 3.09. The van der Waals surface area contributed by atoms with Crippen molar-refractivity contribution in [2.75, 3.05) is 0 Å². The van der Waals surface area contributed by atoms with Crippen LogP contribution in [0.1, 0.15) is 28.8 Å². The van der Waals surface area contributed by atoms with Crippen LogP contribution < -0.4 is 0 Å². The van der Waals surface area contributed by atoms with Gasteiger partial charge in [-0.1, -0.05) is 12.1 Å². The van der Waals surface area contributed by atoms with Crippen molar-refractivity contribution >= 4 is 0 Å². The summed E-state index contributed by atoms with van der Waals surface area (Å²) < 4.78 is 51.2. The maximum atomic E-state index is 13.1. The number of nitrogens with zero attached hydrogens (tertiary/aromatic N) is 2. The molecule has 0 saturated carbocycles. The topological polar surface area (TPSA) is 69.3 Å². The van der Waals surface area contributed by atoms with E-state index in [9.17, 15) is 22.7 Å². The van der Waals surface area contributed by atoms with Crippen LogP contribution in [0.3, 0.4) is 0 Å². The highest BCUT2D eigenvalue weighted by Gasteiger charge is 2.32. The molecule has 0 fully saturated rings. The average Bonchev–Trinajstić information content (AvgIpc) is 2.47. The molecule has 0 amide bonds. The fraction of sp³-hybridized carbons (Fsp3) is 0.214. The van der Waals surface area contributed by atoms with Gasteiger partial charge in [-0.2, -0.15) is 22.7 Å². The molecule has 2 N–H and O–H groups in total. The molecule has 2 rings (SSSR count). The molecule has 0 aliphatic rings. The molecule has 0 bridgehead atoms. The largest absolute Gasteiger partial charge is 0.416 e. The highest BCUT2D eigenvalue weighted by atomic mass is 19.4. The zero-order valence-electron chi connectivity index (χ0n) is 11.0. The fourth-order valence-electron chi connectivity index (χ4n) is 2.01. The Labute approximate surface area is 122 Å². The third kappa shape index (κ3) is 3.45. The first-order chi connectivity index (χ1) is 10.3. The van der Waals surface area contributed by atoms with E-state index in [1.165, 1.54) is 12.1 Å². The van der Waals surface area contributed by atoms with Crippen molar-refractivity contribution in [1.29, 1.82) is 5.53 Å². The summed E-state index contributed by atoms with van der Waals surface area (Å²) in [5.41, 5.74) is 6.29. The lowest BCUT2D eigenvalue weighted by atomic mass is 9.96. The maximum absolute atomic E-state index is 13.1. The molecule has 2 aromatic rings. The second kappa shape index (κ2) is 6.18. The van der Waals surface area contributed by atoms with Crippen molar-refractivity contribution < 1.29 is 22.7 Å². The molecule has 1 aromatic carbocycles. The van der Waals surface area contributed by atoms with Gasteiger partial charge in [-0.15, -0.1) is 0 Å². The Morgan fingerprint density at radius 2 is 1.86 bits per heavy atom. The minimum Gasteiger partial charge on any atom is -0.386 e. The maximum Gasteiger partial charge on any atom is 0.416 e. The smallest absolute Gasteiger partial charge is 0.386 e. The van der Waals surface area contributed by atoms with Crippen LogP contribution in [0.2, 0.25) is 0 Å². The highest BCUT2D eigenvalue weighted by molar-refractivity contribution is 5.30. The Bertz CT molecular complexity index is 675. The molecule has 0 radical (unpaired) electrons. The Morgan fingerprint density at radius 3 is 2.45 bits per heavy atom. The standard InChI is InChI=1S/C14H11F4N3O/c15-11-7-8(4-5-20-11)12(21-19)13(22)9-2-1-3-10(6-9)14(16,17)18/h1-7,12-13,19,22H. The number of benzene rings is 1. The summed E-state index contributed by atoms with van der Waals surface area (Å²) in [5, 5.41) is 13.4. The van der Waals surface area contributed by atoms with Crippen LogP contribution in [-0.4, -0.2) is 10.1 Å². The summed E-state index contributed by atoms with van der Waals surface area (Å²) in [7, 11) is 0. The predicted octanol–water partition coefficient (Wildman–Crippen LogP) is 4.05. The third-order valence-electron chi connectivity index (χ3n) is 3.09. The number of rotatable bonds is 4. The number of halogens is 4. The van der Waals surface area contributed by atoms with Gasteiger partial charge in [0.2, 0.25) is 5.95 Å². The van der Waals surface area contributed by atoms with Crippen molar-refractivity contribution in [2.45, 2.75) is 18.3 Å². The van der Waals surface area contributed by atoms with E-state index in [0.717, 1.165) is 30.5 Å². The second-order valence-corrected chi connectivity index (χ2v) is 4.55. The van der Waals surface area contributed by atoms with Gasteiger partial charge < -0.3 is 5.11 Å². The molecule has 4 nitrogen and oxygen atoms in total. The Hall–Kier alpha value is -2.35. The molecule has 1 aromatic heterocycles. The molecular formula is C14H11F4N3O. The molecule has 0 spiro atoms. The van der Waals surface area contributed by atoms with E-state index < -0.39 is 29.8 Å². The molecule has 8 heteroatoms. The zero-order valence-corrected chi connectivity index (χ0v) is 11.0. The van der Waals surface area contributed by atoms with Crippen molar-refractivity contribution in [3.8, 4) is 0 Å². The van der Waals surface area contributed by atoms with E-state index in [4.69, 9.17) is 5.53 Å². The Kier molecular flexibility index (Phi) is 4.51. The van der Waals surface area contributed by atoms with Crippen molar-refractivity contribution in [3.63, 3.8) is 0 Å². The summed E-state index contributed by atoms with van der Waals surface area (Å²) in [5.74, 6) is -0.831. The van der Waals surface area contributed by atoms with Crippen LogP contribution in [0.5, 0.6) is 0 Å². The monoisotopic (exact) mass is 313 g/mol. The van der Waals surface area contributed by atoms with E-state index in [-0.39, 0.29) is 11.1 Å². The van der Waals surface area contributed by atoms with Crippen LogP contribution in [0.4, 0.5) is 17.6 Å². The molecular weight excluding hydrogens is 302 g/mol. The summed E-state index contributed by atoms with van der Waals surface area (Å²) in [6, 6.07) is 5.17. The van der Waals surface area contributed by atoms with Crippen LogP contribution in [0, 0.1) is 11.5 Å². The molecule has 22 heavy (non-hydrogen) atoms. The minimum atomic E-state index is -4.55. The van der Waals surface area contributed by atoms with Gasteiger partial charge >= 0.3 is 6.18 Å². The van der Waals surface area contributed by atoms with Gasteiger partial charge in [0.25, 0.3) is 0 Å². The van der Waals surface area contributed by atoms with Gasteiger partial charge in [0.15, 0.2) is 0 Å². The van der Waals surface area contributed by atoms with Crippen LogP contribution in [0.15, 0.2) is 47.7 Å². The van der Waals surface area contributed by atoms with Crippen molar-refractivity contribution in [3.05, 3.63) is 65.2 Å². The van der Waals surface area contributed by atoms with Gasteiger partial charge in [-0.3, -0.25) is 0 Å². The van der Waals surface area contributed by atoms with E-state index in [2.05, 4.69) is 10.1 Å². The Balaban J connectivity index is 2.37. The average molecular weight is 313 g/mol. The normalized spacial score (nSPS) is 14.4. The first-order valence-corrected chi connectivity index (χ1v) is 6.16. The lowest BCUT2D eigenvalue weighted by Gasteiger charge is -2.19. The minimum absolute atomic E-state index is 0.0620. The fourth-order valence-corrected chi connectivity index (χ4v) is 2.01. The van der Waals surface area contributed by atoms with Gasteiger partial charge in [-0.25, -0.2) is 10.5 Å². The van der Waals surface area contributed by atoms with Gasteiger partial charge in [-0.05, 0) is 35.4 Å². The predicted molar refractivity (Wildman–Crippen MR) is 68.5 cm³/mol. The summed E-state index contributed by atoms with van der Waals surface area (Å²) >= 11 is 0. The molecule has 2 atom stereocenters. The van der Waals surface area contributed by atoms with E-state index in [1.54, 1.807) is 0 Å².